The fraction of sp³-hybridized carbons (Fsp3) is 0.370. The summed E-state index contributed by atoms with van der Waals surface area (Å²) < 4.78 is 7.56. The second-order valence-electron chi connectivity index (χ2n) is 9.93. The molecule has 11 nitrogen and oxygen atoms in total. The number of carbonyl (C=O) groups excluding carboxylic acids is 5. The fourth-order valence-electron chi connectivity index (χ4n) is 4.80. The highest BCUT2D eigenvalue weighted by molar-refractivity contribution is 8.01. The van der Waals surface area contributed by atoms with Crippen LogP contribution in [0.5, 0.6) is 0 Å². The van der Waals surface area contributed by atoms with E-state index in [1.54, 1.807) is 68.4 Å². The predicted molar refractivity (Wildman–Crippen MR) is 156 cm³/mol. The number of alkyl carbamates (subject to hydrolysis) is 1. The number of β-lactam (4-membered cyclic amide) rings is 1. The maximum Gasteiger partial charge on any atom is 0.408 e. The number of hydrogen-bond acceptors (Lipinski definition) is 8. The standard InChI is InChI=1S/C27H27Cl3N4O7S/c1-25(2)27(31-15-35,23(38)40-13-16-9-5-3-6-10-16)34-21(37)19(22(34)42-25)32-20(36)18(17-11-7-4-8-12-17)33-24(39)41-14-26(28,29)30/h3-12,15,18-19,22H,13-14H2,1-2H3,(H,31,35)(H,32,36)(H,33,39)/t18?,19-,22-,27+/m1/s1. The van der Waals surface area contributed by atoms with Crippen LogP contribution in [-0.4, -0.2) is 67.4 Å². The van der Waals surface area contributed by atoms with Crippen LogP contribution in [0.1, 0.15) is 31.0 Å². The van der Waals surface area contributed by atoms with Gasteiger partial charge in [-0.25, -0.2) is 9.59 Å². The maximum absolute atomic E-state index is 13.5. The van der Waals surface area contributed by atoms with Gasteiger partial charge >= 0.3 is 12.1 Å². The summed E-state index contributed by atoms with van der Waals surface area (Å²) in [5.74, 6) is -2.17. The summed E-state index contributed by atoms with van der Waals surface area (Å²) in [5.41, 5.74) is -0.723. The van der Waals surface area contributed by atoms with Crippen molar-refractivity contribution in [3.05, 3.63) is 71.8 Å². The first-order valence-corrected chi connectivity index (χ1v) is 14.6. The molecule has 42 heavy (non-hydrogen) atoms. The van der Waals surface area contributed by atoms with Gasteiger partial charge in [0.05, 0.1) is 4.75 Å². The number of fused-ring (bicyclic) bond motifs is 1. The van der Waals surface area contributed by atoms with Gasteiger partial charge in [0.15, 0.2) is 0 Å². The molecule has 1 unspecified atom stereocenters. The van der Waals surface area contributed by atoms with Gasteiger partial charge < -0.3 is 25.4 Å². The van der Waals surface area contributed by atoms with E-state index in [1.165, 1.54) is 16.7 Å². The second-order valence-corrected chi connectivity index (χ2v) is 14.2. The third-order valence-corrected chi connectivity index (χ3v) is 8.73. The molecule has 2 aliphatic heterocycles. The van der Waals surface area contributed by atoms with Crippen molar-refractivity contribution < 1.29 is 33.4 Å². The largest absolute Gasteiger partial charge is 0.458 e. The van der Waals surface area contributed by atoms with E-state index in [-0.39, 0.29) is 6.61 Å². The molecule has 0 radical (unpaired) electrons. The molecular formula is C27H27Cl3N4O7S. The second kappa shape index (κ2) is 12.6. The molecule has 0 aliphatic carbocycles. The van der Waals surface area contributed by atoms with E-state index in [9.17, 15) is 24.0 Å². The Bertz CT molecular complexity index is 1350. The number of hydrogen-bond donors (Lipinski definition) is 3. The zero-order valence-electron chi connectivity index (χ0n) is 22.3. The van der Waals surface area contributed by atoms with Crippen LogP contribution in [-0.2, 0) is 35.3 Å². The lowest BCUT2D eigenvalue weighted by molar-refractivity contribution is -0.180. The van der Waals surface area contributed by atoms with E-state index in [2.05, 4.69) is 16.0 Å². The van der Waals surface area contributed by atoms with Crippen LogP contribution < -0.4 is 16.0 Å². The quantitative estimate of drug-likeness (QED) is 0.153. The molecule has 4 atom stereocenters. The first kappa shape index (κ1) is 31.7. The molecule has 0 saturated carbocycles. The number of rotatable bonds is 10. The number of alkyl halides is 3. The molecule has 2 aromatic rings. The van der Waals surface area contributed by atoms with Crippen LogP contribution in [0.2, 0.25) is 0 Å². The third-order valence-electron chi connectivity index (χ3n) is 6.79. The van der Waals surface area contributed by atoms with Crippen molar-refractivity contribution in [2.75, 3.05) is 6.61 Å². The van der Waals surface area contributed by atoms with Gasteiger partial charge in [-0.1, -0.05) is 95.5 Å². The minimum Gasteiger partial charge on any atom is -0.458 e. The Balaban J connectivity index is 1.52. The Morgan fingerprint density at radius 3 is 2.26 bits per heavy atom. The predicted octanol–water partition coefficient (Wildman–Crippen LogP) is 3.19. The van der Waals surface area contributed by atoms with Crippen molar-refractivity contribution >= 4 is 76.9 Å². The number of ether oxygens (including phenoxy) is 2. The summed E-state index contributed by atoms with van der Waals surface area (Å²) in [4.78, 5) is 65.8. The lowest BCUT2D eigenvalue weighted by Crippen LogP contribution is -2.80. The smallest absolute Gasteiger partial charge is 0.408 e. The zero-order chi connectivity index (χ0) is 30.7. The van der Waals surface area contributed by atoms with Crippen molar-refractivity contribution in [1.29, 1.82) is 0 Å². The van der Waals surface area contributed by atoms with Gasteiger partial charge in [0.2, 0.25) is 21.8 Å². The van der Waals surface area contributed by atoms with E-state index >= 15 is 0 Å². The van der Waals surface area contributed by atoms with E-state index in [0.29, 0.717) is 12.0 Å². The Hall–Kier alpha value is -3.19. The van der Waals surface area contributed by atoms with Crippen LogP contribution in [0.15, 0.2) is 60.7 Å². The highest BCUT2D eigenvalue weighted by Gasteiger charge is 2.74. The first-order valence-electron chi connectivity index (χ1n) is 12.6. The van der Waals surface area contributed by atoms with Gasteiger partial charge in [0.1, 0.15) is 30.7 Å². The fourth-order valence-corrected chi connectivity index (χ4v) is 6.67. The maximum atomic E-state index is 13.5. The number of amides is 4. The SMILES string of the molecule is CC1(C)S[C@@H]2[C@H](NC(=O)C(NC(=O)OCC(Cl)(Cl)Cl)c3ccccc3)C(=O)N2[C@@]1(NC=O)C(=O)OCc1ccccc1. The molecule has 224 valence electrons. The Morgan fingerprint density at radius 2 is 1.67 bits per heavy atom. The summed E-state index contributed by atoms with van der Waals surface area (Å²) in [5, 5.41) is 6.88. The summed E-state index contributed by atoms with van der Waals surface area (Å²) in [6, 6.07) is 14.8. The molecule has 2 aliphatic rings. The minimum absolute atomic E-state index is 0.0750. The molecule has 4 amide bonds. The molecule has 2 heterocycles. The summed E-state index contributed by atoms with van der Waals surface area (Å²) in [7, 11) is 0. The molecule has 2 fully saturated rings. The van der Waals surface area contributed by atoms with Gasteiger partial charge in [-0.2, -0.15) is 0 Å². The molecule has 4 rings (SSSR count). The van der Waals surface area contributed by atoms with Crippen molar-refractivity contribution in [2.24, 2.45) is 0 Å². The molecule has 2 saturated heterocycles. The van der Waals surface area contributed by atoms with E-state index in [4.69, 9.17) is 44.3 Å². The zero-order valence-corrected chi connectivity index (χ0v) is 25.4. The molecule has 0 bridgehead atoms. The first-order chi connectivity index (χ1) is 19.8. The third kappa shape index (κ3) is 6.41. The molecule has 2 aromatic carbocycles. The number of nitrogens with zero attached hydrogens (tertiary/aromatic N) is 1. The number of nitrogens with one attached hydrogen (secondary N) is 3. The Labute approximate surface area is 260 Å². The summed E-state index contributed by atoms with van der Waals surface area (Å²) in [6.45, 7) is 2.74. The number of benzene rings is 2. The molecule has 0 aromatic heterocycles. The molecule has 15 heteroatoms. The summed E-state index contributed by atoms with van der Waals surface area (Å²) in [6.07, 6.45) is -0.690. The monoisotopic (exact) mass is 656 g/mol. The minimum atomic E-state index is -1.86. The van der Waals surface area contributed by atoms with E-state index < -0.39 is 62.1 Å². The highest BCUT2D eigenvalue weighted by Crippen LogP contribution is 2.56. The molecular weight excluding hydrogens is 631 g/mol. The van der Waals surface area contributed by atoms with Crippen LogP contribution in [0.25, 0.3) is 0 Å². The Morgan fingerprint density at radius 1 is 1.05 bits per heavy atom. The lowest BCUT2D eigenvalue weighted by atomic mass is 9.88. The topological polar surface area (TPSA) is 143 Å². The van der Waals surface area contributed by atoms with Crippen LogP contribution >= 0.6 is 46.6 Å². The van der Waals surface area contributed by atoms with Crippen molar-refractivity contribution in [3.8, 4) is 0 Å². The van der Waals surface area contributed by atoms with Crippen molar-refractivity contribution in [1.82, 2.24) is 20.9 Å². The number of esters is 1. The van der Waals surface area contributed by atoms with Crippen LogP contribution in [0.4, 0.5) is 4.79 Å². The number of halogens is 3. The molecule has 3 N–H and O–H groups in total. The lowest BCUT2D eigenvalue weighted by Gasteiger charge is -2.49. The van der Waals surface area contributed by atoms with Crippen LogP contribution in [0, 0.1) is 0 Å². The van der Waals surface area contributed by atoms with Crippen molar-refractivity contribution in [3.63, 3.8) is 0 Å². The van der Waals surface area contributed by atoms with Gasteiger partial charge in [-0.15, -0.1) is 11.8 Å². The van der Waals surface area contributed by atoms with E-state index in [1.807, 2.05) is 6.07 Å². The normalized spacial score (nSPS) is 23.1. The van der Waals surface area contributed by atoms with E-state index in [0.717, 1.165) is 5.56 Å². The van der Waals surface area contributed by atoms with Crippen molar-refractivity contribution in [2.45, 2.75) is 52.1 Å². The molecule has 0 spiro atoms. The van der Waals surface area contributed by atoms with Crippen LogP contribution in [0.3, 0.4) is 0 Å². The summed E-state index contributed by atoms with van der Waals surface area (Å²) >= 11 is 18.1. The van der Waals surface area contributed by atoms with Gasteiger partial charge in [0.25, 0.3) is 5.91 Å². The number of carbonyl (C=O) groups is 5. The van der Waals surface area contributed by atoms with Gasteiger partial charge in [-0.05, 0) is 25.0 Å². The average molecular weight is 658 g/mol. The number of thioether (sulfide) groups is 1. The van der Waals surface area contributed by atoms with Gasteiger partial charge in [-0.3, -0.25) is 19.3 Å². The Kier molecular flexibility index (Phi) is 9.51. The van der Waals surface area contributed by atoms with Gasteiger partial charge in [0, 0.05) is 0 Å². The average Bonchev–Trinajstić information content (AvgIpc) is 3.17. The highest BCUT2D eigenvalue weighted by atomic mass is 35.6.